The molecule has 1 aromatic carbocycles. The molecule has 0 unspecified atom stereocenters. The topological polar surface area (TPSA) is 50.7 Å². The van der Waals surface area contributed by atoms with E-state index in [9.17, 15) is 0 Å². The fourth-order valence-electron chi connectivity index (χ4n) is 2.17. The lowest BCUT2D eigenvalue weighted by atomic mass is 10.2. The Hall–Kier alpha value is -1.72. The molecule has 0 bridgehead atoms. The summed E-state index contributed by atoms with van der Waals surface area (Å²) in [7, 11) is 0. The smallest absolute Gasteiger partial charge is 0.138 e. The first-order valence-electron chi connectivity index (χ1n) is 6.49. The summed E-state index contributed by atoms with van der Waals surface area (Å²) in [6.07, 6.45) is 3.99. The molecule has 3 aromatic rings. The van der Waals surface area contributed by atoms with Crippen LogP contribution in [0.3, 0.4) is 0 Å². The van der Waals surface area contributed by atoms with Crippen molar-refractivity contribution in [2.45, 2.75) is 13.3 Å². The van der Waals surface area contributed by atoms with Crippen LogP contribution in [0.5, 0.6) is 0 Å². The van der Waals surface area contributed by atoms with Gasteiger partial charge in [0.1, 0.15) is 17.3 Å². The summed E-state index contributed by atoms with van der Waals surface area (Å²) in [4.78, 5) is 12.8. The van der Waals surface area contributed by atoms with E-state index in [0.29, 0.717) is 5.15 Å². The number of hydrogen-bond donors (Lipinski definition) is 1. The van der Waals surface area contributed by atoms with Crippen molar-refractivity contribution < 1.29 is 0 Å². The predicted octanol–water partition coefficient (Wildman–Crippen LogP) is 4.75. The first kappa shape index (κ1) is 14.2. The number of nitrogens with one attached hydrogen (secondary N) is 1. The quantitative estimate of drug-likeness (QED) is 0.682. The van der Waals surface area contributed by atoms with E-state index in [-0.39, 0.29) is 0 Å². The number of nitrogens with zero attached hydrogens (tertiary/aromatic N) is 3. The van der Waals surface area contributed by atoms with Crippen LogP contribution in [0.2, 0.25) is 5.15 Å². The zero-order valence-corrected chi connectivity index (χ0v) is 13.6. The molecule has 0 radical (unpaired) electrons. The Bertz CT molecular complexity index is 807. The second kappa shape index (κ2) is 5.95. The van der Waals surface area contributed by atoms with E-state index >= 15 is 0 Å². The summed E-state index contributed by atoms with van der Waals surface area (Å²) in [5.74, 6) is 0.717. The number of aromatic nitrogens is 3. The average molecular weight is 364 g/mol. The minimum atomic E-state index is 0.478. The van der Waals surface area contributed by atoms with Gasteiger partial charge in [-0.3, -0.25) is 4.98 Å². The van der Waals surface area contributed by atoms with Gasteiger partial charge in [-0.2, -0.15) is 0 Å². The van der Waals surface area contributed by atoms with Gasteiger partial charge in [0.15, 0.2) is 0 Å². The van der Waals surface area contributed by atoms with Gasteiger partial charge >= 0.3 is 0 Å². The predicted molar refractivity (Wildman–Crippen MR) is 89.1 cm³/mol. The Labute approximate surface area is 135 Å². The Kier molecular flexibility index (Phi) is 4.03. The number of hydrogen-bond acceptors (Lipinski definition) is 4. The fourth-order valence-corrected chi connectivity index (χ4v) is 2.79. The molecule has 0 atom stereocenters. The van der Waals surface area contributed by atoms with E-state index in [1.807, 2.05) is 31.2 Å². The third-order valence-electron chi connectivity index (χ3n) is 3.18. The lowest BCUT2D eigenvalue weighted by Gasteiger charge is -2.12. The molecule has 0 aliphatic heterocycles. The SMILES string of the molecule is CCc1c(Cl)ncnc1Nc1cccc2cc(Br)cnc12. The summed E-state index contributed by atoms with van der Waals surface area (Å²) >= 11 is 9.56. The molecule has 6 heteroatoms. The molecule has 0 saturated carbocycles. The molecular formula is C15H12BrClN4. The van der Waals surface area contributed by atoms with Crippen molar-refractivity contribution in [3.05, 3.63) is 52.0 Å². The van der Waals surface area contributed by atoms with Crippen molar-refractivity contribution in [3.8, 4) is 0 Å². The largest absolute Gasteiger partial charge is 0.338 e. The molecule has 21 heavy (non-hydrogen) atoms. The van der Waals surface area contributed by atoms with Crippen LogP contribution in [-0.2, 0) is 6.42 Å². The molecule has 106 valence electrons. The molecule has 0 aliphatic carbocycles. The van der Waals surface area contributed by atoms with Gasteiger partial charge in [0.2, 0.25) is 0 Å². The van der Waals surface area contributed by atoms with Crippen LogP contribution >= 0.6 is 27.5 Å². The summed E-state index contributed by atoms with van der Waals surface area (Å²) < 4.78 is 0.950. The van der Waals surface area contributed by atoms with Gasteiger partial charge in [0, 0.05) is 21.6 Å². The lowest BCUT2D eigenvalue weighted by Crippen LogP contribution is -2.01. The maximum atomic E-state index is 6.12. The van der Waals surface area contributed by atoms with Crippen molar-refractivity contribution in [3.63, 3.8) is 0 Å². The zero-order valence-electron chi connectivity index (χ0n) is 11.3. The normalized spacial score (nSPS) is 10.8. The second-order valence-electron chi connectivity index (χ2n) is 4.50. The van der Waals surface area contributed by atoms with Gasteiger partial charge in [0.25, 0.3) is 0 Å². The summed E-state index contributed by atoms with van der Waals surface area (Å²) in [5.41, 5.74) is 2.68. The van der Waals surface area contributed by atoms with E-state index in [1.165, 1.54) is 6.33 Å². The molecule has 4 nitrogen and oxygen atoms in total. The van der Waals surface area contributed by atoms with Gasteiger partial charge in [-0.1, -0.05) is 30.7 Å². The molecule has 0 spiro atoms. The summed E-state index contributed by atoms with van der Waals surface area (Å²) in [6, 6.07) is 8.00. The number of anilines is 2. The number of para-hydroxylation sites is 1. The van der Waals surface area contributed by atoms with Crippen LogP contribution in [0.1, 0.15) is 12.5 Å². The Morgan fingerprint density at radius 2 is 2.10 bits per heavy atom. The van der Waals surface area contributed by atoms with Crippen molar-refractivity contribution in [2.75, 3.05) is 5.32 Å². The van der Waals surface area contributed by atoms with Crippen LogP contribution in [0.4, 0.5) is 11.5 Å². The highest BCUT2D eigenvalue weighted by Crippen LogP contribution is 2.28. The maximum Gasteiger partial charge on any atom is 0.138 e. The van der Waals surface area contributed by atoms with Gasteiger partial charge in [0.05, 0.1) is 11.2 Å². The van der Waals surface area contributed by atoms with Crippen molar-refractivity contribution in [1.29, 1.82) is 0 Å². The number of fused-ring (bicyclic) bond motifs is 1. The van der Waals surface area contributed by atoms with Crippen molar-refractivity contribution in [2.24, 2.45) is 0 Å². The first-order valence-corrected chi connectivity index (χ1v) is 7.67. The Morgan fingerprint density at radius 3 is 2.90 bits per heavy atom. The molecule has 0 saturated heterocycles. The van der Waals surface area contributed by atoms with Crippen LogP contribution in [-0.4, -0.2) is 15.0 Å². The van der Waals surface area contributed by atoms with Crippen LogP contribution in [0, 0.1) is 0 Å². The number of benzene rings is 1. The molecule has 0 fully saturated rings. The van der Waals surface area contributed by atoms with Crippen molar-refractivity contribution >= 4 is 49.9 Å². The standard InChI is InChI=1S/C15H12BrClN4/c1-2-11-14(17)19-8-20-15(11)21-12-5-3-4-9-6-10(16)7-18-13(9)12/h3-8H,2H2,1H3,(H,19,20,21). The molecule has 1 N–H and O–H groups in total. The molecular weight excluding hydrogens is 352 g/mol. The molecule has 2 aromatic heterocycles. The molecule has 2 heterocycles. The number of rotatable bonds is 3. The minimum absolute atomic E-state index is 0.478. The third kappa shape index (κ3) is 2.84. The summed E-state index contributed by atoms with van der Waals surface area (Å²) in [5, 5.41) is 4.84. The highest BCUT2D eigenvalue weighted by atomic mass is 79.9. The van der Waals surface area contributed by atoms with E-state index in [0.717, 1.165) is 38.9 Å². The highest BCUT2D eigenvalue weighted by molar-refractivity contribution is 9.10. The third-order valence-corrected chi connectivity index (χ3v) is 3.94. The molecule has 0 aliphatic rings. The monoisotopic (exact) mass is 362 g/mol. The molecule has 3 rings (SSSR count). The average Bonchev–Trinajstić information content (AvgIpc) is 2.47. The van der Waals surface area contributed by atoms with Gasteiger partial charge < -0.3 is 5.32 Å². The van der Waals surface area contributed by atoms with Crippen LogP contribution in [0.15, 0.2) is 41.3 Å². The number of halogens is 2. The molecule has 0 amide bonds. The zero-order chi connectivity index (χ0) is 14.8. The maximum absolute atomic E-state index is 6.12. The van der Waals surface area contributed by atoms with E-state index in [4.69, 9.17) is 11.6 Å². The first-order chi connectivity index (χ1) is 10.2. The van der Waals surface area contributed by atoms with E-state index < -0.39 is 0 Å². The lowest BCUT2D eigenvalue weighted by molar-refractivity contribution is 1.05. The fraction of sp³-hybridized carbons (Fsp3) is 0.133. The Balaban J connectivity index is 2.09. The highest BCUT2D eigenvalue weighted by Gasteiger charge is 2.10. The minimum Gasteiger partial charge on any atom is -0.338 e. The van der Waals surface area contributed by atoms with Crippen molar-refractivity contribution in [1.82, 2.24) is 15.0 Å². The summed E-state index contributed by atoms with van der Waals surface area (Å²) in [6.45, 7) is 2.02. The van der Waals surface area contributed by atoms with E-state index in [2.05, 4.69) is 36.2 Å². The Morgan fingerprint density at radius 1 is 1.24 bits per heavy atom. The van der Waals surface area contributed by atoms with Gasteiger partial charge in [-0.15, -0.1) is 0 Å². The van der Waals surface area contributed by atoms with E-state index in [1.54, 1.807) is 6.20 Å². The second-order valence-corrected chi connectivity index (χ2v) is 5.77. The van der Waals surface area contributed by atoms with Gasteiger partial charge in [-0.05, 0) is 34.5 Å². The van der Waals surface area contributed by atoms with Crippen LogP contribution < -0.4 is 5.32 Å². The van der Waals surface area contributed by atoms with Gasteiger partial charge in [-0.25, -0.2) is 9.97 Å². The number of pyridine rings is 1. The van der Waals surface area contributed by atoms with Crippen LogP contribution in [0.25, 0.3) is 10.9 Å².